The smallest absolute Gasteiger partial charge is 0.123 e. The number of nitrogens with zero attached hydrogens (tertiary/aromatic N) is 1. The molecule has 1 heterocycles. The molecular weight excluding hydrogens is 262 g/mol. The molecule has 0 amide bonds. The molecule has 0 saturated heterocycles. The molecule has 110 valence electrons. The first-order valence-corrected chi connectivity index (χ1v) is 7.43. The molecule has 0 fully saturated rings. The monoisotopic (exact) mass is 283 g/mol. The standard InChI is InChI=1S/C18H21NO2/c1-19-11-10-17-15(14-19)6-5-9-18(17)21-13-12-20-16-7-3-2-4-8-16/h2-9H,10-14H2,1H3. The predicted molar refractivity (Wildman–Crippen MR) is 83.9 cm³/mol. The molecule has 3 rings (SSSR count). The van der Waals surface area contributed by atoms with Crippen LogP contribution in [0.15, 0.2) is 48.5 Å². The molecule has 2 aromatic rings. The average Bonchev–Trinajstić information content (AvgIpc) is 2.52. The minimum absolute atomic E-state index is 0.563. The first-order chi connectivity index (χ1) is 10.3. The molecule has 0 aliphatic carbocycles. The van der Waals surface area contributed by atoms with E-state index in [1.165, 1.54) is 11.1 Å². The largest absolute Gasteiger partial charge is 0.490 e. The van der Waals surface area contributed by atoms with Gasteiger partial charge in [0.1, 0.15) is 24.7 Å². The van der Waals surface area contributed by atoms with Gasteiger partial charge in [-0.1, -0.05) is 30.3 Å². The van der Waals surface area contributed by atoms with E-state index in [0.29, 0.717) is 13.2 Å². The van der Waals surface area contributed by atoms with Crippen LogP contribution in [0.5, 0.6) is 11.5 Å². The highest BCUT2D eigenvalue weighted by atomic mass is 16.5. The highest BCUT2D eigenvalue weighted by Gasteiger charge is 2.16. The van der Waals surface area contributed by atoms with Crippen LogP contribution >= 0.6 is 0 Å². The Balaban J connectivity index is 1.55. The van der Waals surface area contributed by atoms with E-state index in [1.54, 1.807) is 0 Å². The molecule has 0 aromatic heterocycles. The van der Waals surface area contributed by atoms with Gasteiger partial charge < -0.3 is 14.4 Å². The highest BCUT2D eigenvalue weighted by molar-refractivity contribution is 5.41. The first kappa shape index (κ1) is 14.0. The van der Waals surface area contributed by atoms with Crippen molar-refractivity contribution in [2.75, 3.05) is 26.8 Å². The second-order valence-corrected chi connectivity index (χ2v) is 5.39. The summed E-state index contributed by atoms with van der Waals surface area (Å²) in [6, 6.07) is 16.2. The summed E-state index contributed by atoms with van der Waals surface area (Å²) in [5, 5.41) is 0. The van der Waals surface area contributed by atoms with Crippen molar-refractivity contribution in [3.05, 3.63) is 59.7 Å². The van der Waals surface area contributed by atoms with Gasteiger partial charge in [0.15, 0.2) is 0 Å². The summed E-state index contributed by atoms with van der Waals surface area (Å²) in [5.41, 5.74) is 2.74. The Labute approximate surface area is 126 Å². The van der Waals surface area contributed by atoms with Crippen molar-refractivity contribution in [1.29, 1.82) is 0 Å². The topological polar surface area (TPSA) is 21.7 Å². The maximum Gasteiger partial charge on any atom is 0.123 e. The fourth-order valence-corrected chi connectivity index (χ4v) is 2.68. The summed E-state index contributed by atoms with van der Waals surface area (Å²) in [5.74, 6) is 1.90. The minimum atomic E-state index is 0.563. The lowest BCUT2D eigenvalue weighted by molar-refractivity contribution is 0.213. The molecule has 0 bridgehead atoms. The Morgan fingerprint density at radius 1 is 0.952 bits per heavy atom. The predicted octanol–water partition coefficient (Wildman–Crippen LogP) is 3.13. The lowest BCUT2D eigenvalue weighted by atomic mass is 9.99. The Bertz CT molecular complexity index is 583. The van der Waals surface area contributed by atoms with Crippen LogP contribution in [0.25, 0.3) is 0 Å². The summed E-state index contributed by atoms with van der Waals surface area (Å²) in [4.78, 5) is 2.34. The van der Waals surface area contributed by atoms with Gasteiger partial charge in [0, 0.05) is 13.1 Å². The Morgan fingerprint density at radius 2 is 1.76 bits per heavy atom. The maximum atomic E-state index is 5.92. The van der Waals surface area contributed by atoms with Crippen LogP contribution in [0, 0.1) is 0 Å². The molecule has 1 aliphatic rings. The van der Waals surface area contributed by atoms with E-state index < -0.39 is 0 Å². The lowest BCUT2D eigenvalue weighted by Gasteiger charge is -2.26. The molecule has 1 aliphatic heterocycles. The number of ether oxygens (including phenoxy) is 2. The van der Waals surface area contributed by atoms with E-state index in [4.69, 9.17) is 9.47 Å². The third-order valence-electron chi connectivity index (χ3n) is 3.77. The van der Waals surface area contributed by atoms with Crippen molar-refractivity contribution in [2.45, 2.75) is 13.0 Å². The number of rotatable bonds is 5. The van der Waals surface area contributed by atoms with E-state index >= 15 is 0 Å². The van der Waals surface area contributed by atoms with Gasteiger partial charge in [0.2, 0.25) is 0 Å². The molecule has 0 N–H and O–H groups in total. The molecular formula is C18H21NO2. The van der Waals surface area contributed by atoms with Crippen molar-refractivity contribution >= 4 is 0 Å². The molecule has 3 heteroatoms. The van der Waals surface area contributed by atoms with Crippen LogP contribution < -0.4 is 9.47 Å². The van der Waals surface area contributed by atoms with Gasteiger partial charge >= 0.3 is 0 Å². The number of fused-ring (bicyclic) bond motifs is 1. The number of likely N-dealkylation sites (N-methyl/N-ethyl adjacent to an activating group) is 1. The third kappa shape index (κ3) is 3.56. The number of hydrogen-bond donors (Lipinski definition) is 0. The molecule has 0 atom stereocenters. The second-order valence-electron chi connectivity index (χ2n) is 5.39. The van der Waals surface area contributed by atoms with Crippen LogP contribution in [0.1, 0.15) is 11.1 Å². The number of para-hydroxylation sites is 1. The van der Waals surface area contributed by atoms with Crippen molar-refractivity contribution in [2.24, 2.45) is 0 Å². The first-order valence-electron chi connectivity index (χ1n) is 7.43. The van der Waals surface area contributed by atoms with Gasteiger partial charge in [-0.05, 0) is 42.8 Å². The zero-order valence-corrected chi connectivity index (χ0v) is 12.4. The summed E-state index contributed by atoms with van der Waals surface area (Å²) in [7, 11) is 2.16. The second kappa shape index (κ2) is 6.64. The molecule has 0 spiro atoms. The van der Waals surface area contributed by atoms with Gasteiger partial charge in [-0.25, -0.2) is 0 Å². The summed E-state index contributed by atoms with van der Waals surface area (Å²) in [6.07, 6.45) is 1.06. The Morgan fingerprint density at radius 3 is 2.62 bits per heavy atom. The zero-order valence-electron chi connectivity index (χ0n) is 12.4. The van der Waals surface area contributed by atoms with E-state index in [0.717, 1.165) is 31.0 Å². The zero-order chi connectivity index (χ0) is 14.5. The normalized spacial score (nSPS) is 14.5. The molecule has 21 heavy (non-hydrogen) atoms. The molecule has 0 unspecified atom stereocenters. The number of benzene rings is 2. The molecule has 0 saturated carbocycles. The lowest BCUT2D eigenvalue weighted by Crippen LogP contribution is -2.27. The van der Waals surface area contributed by atoms with Crippen LogP contribution in [-0.2, 0) is 13.0 Å². The van der Waals surface area contributed by atoms with Crippen molar-refractivity contribution in [3.8, 4) is 11.5 Å². The average molecular weight is 283 g/mol. The number of hydrogen-bond acceptors (Lipinski definition) is 3. The van der Waals surface area contributed by atoms with Crippen LogP contribution in [-0.4, -0.2) is 31.7 Å². The summed E-state index contributed by atoms with van der Waals surface area (Å²) < 4.78 is 11.6. The van der Waals surface area contributed by atoms with Crippen LogP contribution in [0.2, 0.25) is 0 Å². The maximum absolute atomic E-state index is 5.92. The van der Waals surface area contributed by atoms with Crippen molar-refractivity contribution < 1.29 is 9.47 Å². The Kier molecular flexibility index (Phi) is 4.41. The van der Waals surface area contributed by atoms with Crippen molar-refractivity contribution in [3.63, 3.8) is 0 Å². The third-order valence-corrected chi connectivity index (χ3v) is 3.77. The van der Waals surface area contributed by atoms with Crippen molar-refractivity contribution in [1.82, 2.24) is 4.90 Å². The fraction of sp³-hybridized carbons (Fsp3) is 0.333. The SMILES string of the molecule is CN1CCc2c(cccc2OCCOc2ccccc2)C1. The summed E-state index contributed by atoms with van der Waals surface area (Å²) >= 11 is 0. The van der Waals surface area contributed by atoms with Gasteiger partial charge in [-0.2, -0.15) is 0 Å². The van der Waals surface area contributed by atoms with Gasteiger partial charge in [-0.15, -0.1) is 0 Å². The van der Waals surface area contributed by atoms with Crippen LogP contribution in [0.4, 0.5) is 0 Å². The van der Waals surface area contributed by atoms with E-state index in [9.17, 15) is 0 Å². The van der Waals surface area contributed by atoms with Crippen LogP contribution in [0.3, 0.4) is 0 Å². The van der Waals surface area contributed by atoms with Gasteiger partial charge in [0.05, 0.1) is 0 Å². The van der Waals surface area contributed by atoms with E-state index in [2.05, 4.69) is 30.1 Å². The van der Waals surface area contributed by atoms with E-state index in [1.807, 2.05) is 30.3 Å². The molecule has 3 nitrogen and oxygen atoms in total. The fourth-order valence-electron chi connectivity index (χ4n) is 2.68. The van der Waals surface area contributed by atoms with E-state index in [-0.39, 0.29) is 0 Å². The van der Waals surface area contributed by atoms with Gasteiger partial charge in [0.25, 0.3) is 0 Å². The van der Waals surface area contributed by atoms with Gasteiger partial charge in [-0.3, -0.25) is 0 Å². The summed E-state index contributed by atoms with van der Waals surface area (Å²) in [6.45, 7) is 3.23. The highest BCUT2D eigenvalue weighted by Crippen LogP contribution is 2.27. The molecule has 2 aromatic carbocycles. The minimum Gasteiger partial charge on any atom is -0.490 e. The Hall–Kier alpha value is -2.00. The quantitative estimate of drug-likeness (QED) is 0.787. The molecule has 0 radical (unpaired) electrons.